The summed E-state index contributed by atoms with van der Waals surface area (Å²) in [5.74, 6) is 0.826. The summed E-state index contributed by atoms with van der Waals surface area (Å²) in [5.41, 5.74) is 1.94. The van der Waals surface area contributed by atoms with E-state index < -0.39 is 0 Å². The van der Waals surface area contributed by atoms with Gasteiger partial charge in [0.25, 0.3) is 5.91 Å². The first-order valence-electron chi connectivity index (χ1n) is 6.48. The second kappa shape index (κ2) is 6.24. The molecule has 2 rings (SSSR count). The third-order valence-electron chi connectivity index (χ3n) is 3.06. The number of carbonyl (C=O) groups is 1. The number of carbonyl (C=O) groups excluding carboxylic acids is 1. The average Bonchev–Trinajstić information content (AvgIpc) is 2.46. The van der Waals surface area contributed by atoms with E-state index in [1.165, 1.54) is 5.56 Å². The number of hydrogen-bond acceptors (Lipinski definition) is 2. The third kappa shape index (κ3) is 3.36. The monoisotopic (exact) mass is 245 g/mol. The Balaban J connectivity index is 1.88. The second-order valence-corrected chi connectivity index (χ2v) is 4.39. The molecule has 0 spiro atoms. The van der Waals surface area contributed by atoms with E-state index in [0.29, 0.717) is 12.1 Å². The smallest absolute Gasteiger partial charge is 0.251 e. The van der Waals surface area contributed by atoms with E-state index in [4.69, 9.17) is 4.74 Å². The molecular formula is C15H19NO2. The van der Waals surface area contributed by atoms with Crippen molar-refractivity contribution in [2.24, 2.45) is 0 Å². The highest BCUT2D eigenvalue weighted by molar-refractivity contribution is 5.94. The van der Waals surface area contributed by atoms with Gasteiger partial charge < -0.3 is 10.1 Å². The van der Waals surface area contributed by atoms with Gasteiger partial charge in [0, 0.05) is 5.56 Å². The standard InChI is InChI=1S/C15H19NO2/c1-2-12-6-8-13(9-7-12)15(17)16-11-14-5-3-4-10-18-14/h5-9H,2-4,10-11H2,1H3,(H,16,17). The SMILES string of the molecule is CCc1ccc(C(=O)NCC2=CCCCO2)cc1. The first-order valence-corrected chi connectivity index (χ1v) is 6.48. The summed E-state index contributed by atoms with van der Waals surface area (Å²) < 4.78 is 5.45. The van der Waals surface area contributed by atoms with Gasteiger partial charge in [-0.1, -0.05) is 19.1 Å². The van der Waals surface area contributed by atoms with Crippen LogP contribution in [0.25, 0.3) is 0 Å². The van der Waals surface area contributed by atoms with Gasteiger partial charge in [0.05, 0.1) is 13.2 Å². The lowest BCUT2D eigenvalue weighted by atomic mass is 10.1. The Morgan fingerprint density at radius 1 is 1.33 bits per heavy atom. The number of amides is 1. The summed E-state index contributed by atoms with van der Waals surface area (Å²) in [5, 5.41) is 2.87. The van der Waals surface area contributed by atoms with Gasteiger partial charge in [-0.25, -0.2) is 0 Å². The summed E-state index contributed by atoms with van der Waals surface area (Å²) in [6.45, 7) is 3.34. The zero-order valence-electron chi connectivity index (χ0n) is 10.7. The molecule has 1 aliphatic heterocycles. The lowest BCUT2D eigenvalue weighted by Crippen LogP contribution is -2.27. The molecule has 3 heteroatoms. The van der Waals surface area contributed by atoms with Crippen molar-refractivity contribution < 1.29 is 9.53 Å². The molecule has 0 aromatic heterocycles. The Hall–Kier alpha value is -1.77. The number of ether oxygens (including phenoxy) is 1. The highest BCUT2D eigenvalue weighted by Crippen LogP contribution is 2.09. The van der Waals surface area contributed by atoms with E-state index in [0.717, 1.165) is 31.6 Å². The summed E-state index contributed by atoms with van der Waals surface area (Å²) in [6.07, 6.45) is 5.14. The normalized spacial score (nSPS) is 14.6. The van der Waals surface area contributed by atoms with Crippen LogP contribution in [0.4, 0.5) is 0 Å². The minimum absolute atomic E-state index is 0.0484. The van der Waals surface area contributed by atoms with E-state index in [2.05, 4.69) is 12.2 Å². The molecule has 0 saturated carbocycles. The maximum Gasteiger partial charge on any atom is 0.251 e. The Labute approximate surface area is 108 Å². The van der Waals surface area contributed by atoms with Crippen LogP contribution in [0.3, 0.4) is 0 Å². The molecule has 1 aliphatic rings. The zero-order valence-corrected chi connectivity index (χ0v) is 10.7. The lowest BCUT2D eigenvalue weighted by Gasteiger charge is -2.15. The fourth-order valence-electron chi connectivity index (χ4n) is 1.89. The zero-order chi connectivity index (χ0) is 12.8. The molecule has 0 unspecified atom stereocenters. The number of rotatable bonds is 4. The summed E-state index contributed by atoms with van der Waals surface area (Å²) in [6, 6.07) is 7.71. The summed E-state index contributed by atoms with van der Waals surface area (Å²) >= 11 is 0. The molecule has 0 atom stereocenters. The number of nitrogens with one attached hydrogen (secondary N) is 1. The predicted octanol–water partition coefficient (Wildman–Crippen LogP) is 2.67. The topological polar surface area (TPSA) is 38.3 Å². The molecular weight excluding hydrogens is 226 g/mol. The van der Waals surface area contributed by atoms with Crippen LogP contribution in [-0.2, 0) is 11.2 Å². The number of allylic oxidation sites excluding steroid dienone is 1. The molecule has 1 aromatic rings. The van der Waals surface area contributed by atoms with Crippen LogP contribution in [0.15, 0.2) is 36.1 Å². The Morgan fingerprint density at radius 2 is 2.11 bits per heavy atom. The molecule has 0 bridgehead atoms. The largest absolute Gasteiger partial charge is 0.496 e. The van der Waals surface area contributed by atoms with Gasteiger partial charge in [-0.2, -0.15) is 0 Å². The van der Waals surface area contributed by atoms with Crippen molar-refractivity contribution in [2.75, 3.05) is 13.2 Å². The van der Waals surface area contributed by atoms with Crippen molar-refractivity contribution in [3.63, 3.8) is 0 Å². The van der Waals surface area contributed by atoms with Crippen LogP contribution in [0, 0.1) is 0 Å². The minimum Gasteiger partial charge on any atom is -0.496 e. The fraction of sp³-hybridized carbons (Fsp3) is 0.400. The molecule has 0 fully saturated rings. The van der Waals surface area contributed by atoms with E-state index in [1.54, 1.807) is 0 Å². The molecule has 96 valence electrons. The van der Waals surface area contributed by atoms with E-state index >= 15 is 0 Å². The Kier molecular flexibility index (Phi) is 4.40. The first-order chi connectivity index (χ1) is 8.79. The highest BCUT2D eigenvalue weighted by Gasteiger charge is 2.08. The average molecular weight is 245 g/mol. The van der Waals surface area contributed by atoms with Crippen LogP contribution < -0.4 is 5.32 Å². The Bertz CT molecular complexity index is 434. The van der Waals surface area contributed by atoms with Gasteiger partial charge >= 0.3 is 0 Å². The van der Waals surface area contributed by atoms with Crippen molar-refractivity contribution in [3.8, 4) is 0 Å². The van der Waals surface area contributed by atoms with E-state index in [-0.39, 0.29) is 5.91 Å². The van der Waals surface area contributed by atoms with Crippen LogP contribution >= 0.6 is 0 Å². The lowest BCUT2D eigenvalue weighted by molar-refractivity contribution is 0.0944. The minimum atomic E-state index is -0.0484. The predicted molar refractivity (Wildman–Crippen MR) is 71.4 cm³/mol. The van der Waals surface area contributed by atoms with Crippen molar-refractivity contribution >= 4 is 5.91 Å². The number of hydrogen-bond donors (Lipinski definition) is 1. The molecule has 0 saturated heterocycles. The van der Waals surface area contributed by atoms with Crippen molar-refractivity contribution in [2.45, 2.75) is 26.2 Å². The first kappa shape index (κ1) is 12.7. The quantitative estimate of drug-likeness (QED) is 0.885. The number of aryl methyl sites for hydroxylation is 1. The molecule has 1 amide bonds. The Morgan fingerprint density at radius 3 is 2.72 bits per heavy atom. The maximum absolute atomic E-state index is 11.9. The molecule has 1 aromatic carbocycles. The van der Waals surface area contributed by atoms with Gasteiger partial charge in [-0.15, -0.1) is 0 Å². The summed E-state index contributed by atoms with van der Waals surface area (Å²) in [4.78, 5) is 11.9. The molecule has 18 heavy (non-hydrogen) atoms. The molecule has 0 radical (unpaired) electrons. The van der Waals surface area contributed by atoms with Crippen LogP contribution in [0.1, 0.15) is 35.7 Å². The third-order valence-corrected chi connectivity index (χ3v) is 3.06. The second-order valence-electron chi connectivity index (χ2n) is 4.39. The van der Waals surface area contributed by atoms with Gasteiger partial charge in [0.1, 0.15) is 5.76 Å². The van der Waals surface area contributed by atoms with E-state index in [1.807, 2.05) is 30.3 Å². The van der Waals surface area contributed by atoms with E-state index in [9.17, 15) is 4.79 Å². The van der Waals surface area contributed by atoms with Crippen LogP contribution in [0.5, 0.6) is 0 Å². The van der Waals surface area contributed by atoms with Crippen molar-refractivity contribution in [1.29, 1.82) is 0 Å². The van der Waals surface area contributed by atoms with Gasteiger partial charge in [-0.3, -0.25) is 4.79 Å². The van der Waals surface area contributed by atoms with Gasteiger partial charge in [0.15, 0.2) is 0 Å². The number of benzene rings is 1. The molecule has 1 heterocycles. The maximum atomic E-state index is 11.9. The van der Waals surface area contributed by atoms with Crippen molar-refractivity contribution in [1.82, 2.24) is 5.32 Å². The molecule has 1 N–H and O–H groups in total. The van der Waals surface area contributed by atoms with Crippen molar-refractivity contribution in [3.05, 3.63) is 47.2 Å². The highest BCUT2D eigenvalue weighted by atomic mass is 16.5. The van der Waals surface area contributed by atoms with Crippen LogP contribution in [0.2, 0.25) is 0 Å². The van der Waals surface area contributed by atoms with Crippen LogP contribution in [-0.4, -0.2) is 19.1 Å². The molecule has 0 aliphatic carbocycles. The van der Waals surface area contributed by atoms with Gasteiger partial charge in [-0.05, 0) is 43.0 Å². The van der Waals surface area contributed by atoms with Gasteiger partial charge in [0.2, 0.25) is 0 Å². The summed E-state index contributed by atoms with van der Waals surface area (Å²) in [7, 11) is 0. The molecule has 3 nitrogen and oxygen atoms in total. The fourth-order valence-corrected chi connectivity index (χ4v) is 1.89.